The van der Waals surface area contributed by atoms with Crippen LogP contribution in [0.5, 0.6) is 11.5 Å². The van der Waals surface area contributed by atoms with Gasteiger partial charge in [0.15, 0.2) is 0 Å². The summed E-state index contributed by atoms with van der Waals surface area (Å²) >= 11 is 0. The first-order valence-electron chi connectivity index (χ1n) is 12.2. The molecular formula is C31H35NO2. The third-order valence-electron chi connectivity index (χ3n) is 8.31. The van der Waals surface area contributed by atoms with Crippen molar-refractivity contribution in [1.29, 1.82) is 5.26 Å². The predicted molar refractivity (Wildman–Crippen MR) is 138 cm³/mol. The van der Waals surface area contributed by atoms with E-state index in [1.165, 1.54) is 17.5 Å². The SMILES string of the molecule is C=C/C(=C\C(C)=C(/C)C#N)C(c1ccc(O)c(C)c1)C1CC2CC1CC2c1ccc(O)c(C)c1. The molecule has 176 valence electrons. The first-order valence-corrected chi connectivity index (χ1v) is 12.2. The number of allylic oxidation sites excluding steroid dienone is 5. The summed E-state index contributed by atoms with van der Waals surface area (Å²) < 4.78 is 0. The molecule has 34 heavy (non-hydrogen) atoms. The third-order valence-corrected chi connectivity index (χ3v) is 8.31. The molecule has 2 aromatic carbocycles. The van der Waals surface area contributed by atoms with E-state index in [1.807, 2.05) is 45.9 Å². The number of hydrogen-bond donors (Lipinski definition) is 2. The fourth-order valence-electron chi connectivity index (χ4n) is 6.33. The number of rotatable bonds is 6. The van der Waals surface area contributed by atoms with E-state index in [0.29, 0.717) is 35.2 Å². The number of nitriles is 1. The lowest BCUT2D eigenvalue weighted by Crippen LogP contribution is -2.24. The lowest BCUT2D eigenvalue weighted by atomic mass is 9.69. The Kier molecular flexibility index (Phi) is 6.71. The summed E-state index contributed by atoms with van der Waals surface area (Å²) in [6.45, 7) is 11.9. The van der Waals surface area contributed by atoms with Crippen LogP contribution in [0.4, 0.5) is 0 Å². The highest BCUT2D eigenvalue weighted by Gasteiger charge is 2.49. The van der Waals surface area contributed by atoms with E-state index in [9.17, 15) is 15.5 Å². The molecule has 2 N–H and O–H groups in total. The predicted octanol–water partition coefficient (Wildman–Crippen LogP) is 7.60. The molecule has 2 aliphatic rings. The van der Waals surface area contributed by atoms with Crippen LogP contribution in [0.15, 0.2) is 71.8 Å². The van der Waals surface area contributed by atoms with Crippen molar-refractivity contribution in [3.8, 4) is 17.6 Å². The van der Waals surface area contributed by atoms with Crippen molar-refractivity contribution in [2.24, 2.45) is 17.8 Å². The number of benzene rings is 2. The summed E-state index contributed by atoms with van der Waals surface area (Å²) in [6.07, 6.45) is 7.60. The Balaban J connectivity index is 1.70. The highest BCUT2D eigenvalue weighted by Crippen LogP contribution is 2.60. The van der Waals surface area contributed by atoms with Crippen LogP contribution in [0, 0.1) is 42.9 Å². The molecule has 0 aliphatic heterocycles. The van der Waals surface area contributed by atoms with Gasteiger partial charge < -0.3 is 10.2 Å². The summed E-state index contributed by atoms with van der Waals surface area (Å²) in [5, 5.41) is 29.5. The molecule has 2 aromatic rings. The highest BCUT2D eigenvalue weighted by molar-refractivity contribution is 5.46. The largest absolute Gasteiger partial charge is 0.508 e. The zero-order chi connectivity index (χ0) is 24.6. The van der Waals surface area contributed by atoms with E-state index in [1.54, 1.807) is 6.07 Å². The minimum atomic E-state index is 0.177. The smallest absolute Gasteiger partial charge is 0.118 e. The maximum atomic E-state index is 10.1. The average molecular weight is 454 g/mol. The summed E-state index contributed by atoms with van der Waals surface area (Å²) in [5.41, 5.74) is 7.22. The van der Waals surface area contributed by atoms with Gasteiger partial charge in [-0.25, -0.2) is 0 Å². The van der Waals surface area contributed by atoms with Crippen molar-refractivity contribution in [2.75, 3.05) is 0 Å². The molecule has 0 radical (unpaired) electrons. The highest BCUT2D eigenvalue weighted by atomic mass is 16.3. The molecule has 0 amide bonds. The molecule has 2 aliphatic carbocycles. The number of hydrogen-bond acceptors (Lipinski definition) is 3. The van der Waals surface area contributed by atoms with Gasteiger partial charge in [-0.05, 0) is 116 Å². The Hall–Kier alpha value is -3.25. The van der Waals surface area contributed by atoms with Gasteiger partial charge in [0, 0.05) is 11.5 Å². The van der Waals surface area contributed by atoms with Crippen LogP contribution in [-0.2, 0) is 0 Å². The zero-order valence-corrected chi connectivity index (χ0v) is 20.7. The number of aryl methyl sites for hydroxylation is 2. The minimum absolute atomic E-state index is 0.177. The topological polar surface area (TPSA) is 64.2 Å². The first kappa shape index (κ1) is 23.9. The van der Waals surface area contributed by atoms with Gasteiger partial charge in [-0.15, -0.1) is 0 Å². The van der Waals surface area contributed by atoms with Crippen molar-refractivity contribution in [3.63, 3.8) is 0 Å². The van der Waals surface area contributed by atoms with Crippen LogP contribution >= 0.6 is 0 Å². The summed E-state index contributed by atoms with van der Waals surface area (Å²) in [7, 11) is 0. The number of aromatic hydroxyl groups is 2. The van der Waals surface area contributed by atoms with Crippen molar-refractivity contribution < 1.29 is 10.2 Å². The lowest BCUT2D eigenvalue weighted by Gasteiger charge is -2.35. The molecule has 2 saturated carbocycles. The molecule has 2 bridgehead atoms. The fraction of sp³-hybridized carbons (Fsp3) is 0.387. The van der Waals surface area contributed by atoms with E-state index >= 15 is 0 Å². The second kappa shape index (κ2) is 9.55. The van der Waals surface area contributed by atoms with Crippen LogP contribution in [0.1, 0.15) is 67.2 Å². The van der Waals surface area contributed by atoms with Crippen LogP contribution < -0.4 is 0 Å². The summed E-state index contributed by atoms with van der Waals surface area (Å²) in [4.78, 5) is 0. The molecule has 5 atom stereocenters. The molecule has 5 unspecified atom stereocenters. The molecule has 0 saturated heterocycles. The zero-order valence-electron chi connectivity index (χ0n) is 20.7. The molecular weight excluding hydrogens is 418 g/mol. The Bertz CT molecular complexity index is 1210. The van der Waals surface area contributed by atoms with Crippen LogP contribution in [0.25, 0.3) is 0 Å². The molecule has 0 aromatic heterocycles. The maximum absolute atomic E-state index is 10.1. The van der Waals surface area contributed by atoms with Gasteiger partial charge in [-0.2, -0.15) is 5.26 Å². The molecule has 0 spiro atoms. The molecule has 0 heterocycles. The van der Waals surface area contributed by atoms with E-state index < -0.39 is 0 Å². The number of phenolic OH excluding ortho intramolecular Hbond substituents is 2. The van der Waals surface area contributed by atoms with Gasteiger partial charge in [-0.3, -0.25) is 0 Å². The summed E-state index contributed by atoms with van der Waals surface area (Å²) in [5.74, 6) is 3.12. The monoisotopic (exact) mass is 453 g/mol. The van der Waals surface area contributed by atoms with Gasteiger partial charge in [0.1, 0.15) is 11.5 Å². The molecule has 3 heteroatoms. The number of fused-ring (bicyclic) bond motifs is 2. The van der Waals surface area contributed by atoms with Crippen molar-refractivity contribution in [3.05, 3.63) is 94.1 Å². The standard InChI is InChI=1S/C31H35NO2/c1-6-22(11-18(2)21(5)17-32)31(24-8-10-30(34)20(4)13-24)28-16-25-14-26(28)15-27(25)23-7-9-29(33)19(3)12-23/h6-13,25-28,31,33-34H,1,14-16H2,2-5H3/b21-18+,22-11+. The minimum Gasteiger partial charge on any atom is -0.508 e. The normalized spacial score (nSPS) is 25.6. The average Bonchev–Trinajstić information content (AvgIpc) is 3.43. The second-order valence-electron chi connectivity index (χ2n) is 10.3. The van der Waals surface area contributed by atoms with Crippen molar-refractivity contribution >= 4 is 0 Å². The lowest BCUT2D eigenvalue weighted by molar-refractivity contribution is 0.279. The second-order valence-corrected chi connectivity index (χ2v) is 10.3. The maximum Gasteiger partial charge on any atom is 0.118 e. The summed E-state index contributed by atoms with van der Waals surface area (Å²) in [6, 6.07) is 14.3. The van der Waals surface area contributed by atoms with Crippen LogP contribution in [0.3, 0.4) is 0 Å². The van der Waals surface area contributed by atoms with Crippen LogP contribution in [-0.4, -0.2) is 10.2 Å². The van der Waals surface area contributed by atoms with Gasteiger partial charge in [0.05, 0.1) is 6.07 Å². The van der Waals surface area contributed by atoms with Gasteiger partial charge >= 0.3 is 0 Å². The number of phenols is 2. The van der Waals surface area contributed by atoms with E-state index in [4.69, 9.17) is 0 Å². The van der Waals surface area contributed by atoms with Crippen molar-refractivity contribution in [1.82, 2.24) is 0 Å². The fourth-order valence-corrected chi connectivity index (χ4v) is 6.33. The van der Waals surface area contributed by atoms with Gasteiger partial charge in [0.2, 0.25) is 0 Å². The Morgan fingerprint density at radius 3 is 2.24 bits per heavy atom. The molecule has 4 rings (SSSR count). The molecule has 3 nitrogen and oxygen atoms in total. The third kappa shape index (κ3) is 4.42. The van der Waals surface area contributed by atoms with E-state index in [-0.39, 0.29) is 5.92 Å². The van der Waals surface area contributed by atoms with Crippen LogP contribution in [0.2, 0.25) is 0 Å². The first-order chi connectivity index (χ1) is 16.2. The quantitative estimate of drug-likeness (QED) is 0.349. The Morgan fingerprint density at radius 2 is 1.68 bits per heavy atom. The van der Waals surface area contributed by atoms with E-state index in [2.05, 4.69) is 36.9 Å². The van der Waals surface area contributed by atoms with Crippen molar-refractivity contribution in [2.45, 2.75) is 58.8 Å². The number of nitrogens with zero attached hydrogens (tertiary/aromatic N) is 1. The van der Waals surface area contributed by atoms with Gasteiger partial charge in [0.25, 0.3) is 0 Å². The van der Waals surface area contributed by atoms with Gasteiger partial charge in [-0.1, -0.05) is 43.0 Å². The molecule has 2 fully saturated rings. The van der Waals surface area contributed by atoms with E-state index in [0.717, 1.165) is 40.7 Å². The Labute approximate surface area is 203 Å². The Morgan fingerprint density at radius 1 is 1.00 bits per heavy atom.